The zero-order valence-corrected chi connectivity index (χ0v) is 9.66. The third-order valence-electron chi connectivity index (χ3n) is 2.23. The molecule has 1 atom stereocenters. The summed E-state index contributed by atoms with van der Waals surface area (Å²) in [5.74, 6) is 0. The summed E-state index contributed by atoms with van der Waals surface area (Å²) in [5.41, 5.74) is 1.21. The van der Waals surface area contributed by atoms with Crippen LogP contribution in [-0.4, -0.2) is 11.0 Å². The topological polar surface area (TPSA) is 24.9 Å². The van der Waals surface area contributed by atoms with Crippen LogP contribution in [0.4, 0.5) is 0 Å². The number of aryl methyl sites for hydroxylation is 2. The molecule has 0 saturated carbocycles. The average molecular weight is 198 g/mol. The van der Waals surface area contributed by atoms with Crippen molar-refractivity contribution in [3.8, 4) is 0 Å². The molecule has 3 heteroatoms. The molecule has 0 aliphatic carbocycles. The van der Waals surface area contributed by atoms with Gasteiger partial charge in [0.2, 0.25) is 0 Å². The number of aromatic nitrogens is 1. The molecule has 0 aliphatic rings. The van der Waals surface area contributed by atoms with Crippen LogP contribution in [0.25, 0.3) is 0 Å². The minimum Gasteiger partial charge on any atom is -0.309 e. The van der Waals surface area contributed by atoms with E-state index in [-0.39, 0.29) is 0 Å². The number of thiazole rings is 1. The minimum absolute atomic E-state index is 0.585. The quantitative estimate of drug-likeness (QED) is 0.804. The van der Waals surface area contributed by atoms with E-state index in [1.807, 2.05) is 0 Å². The standard InChI is InChI=1S/C10H18N2S/c1-5-7(2)11-6-10-8(3)13-9(4)12-10/h7,11H,5-6H2,1-4H3. The third kappa shape index (κ3) is 3.08. The van der Waals surface area contributed by atoms with Crippen LogP contribution in [0.15, 0.2) is 0 Å². The molecule has 0 aliphatic heterocycles. The van der Waals surface area contributed by atoms with Gasteiger partial charge in [0.05, 0.1) is 10.7 Å². The van der Waals surface area contributed by atoms with Gasteiger partial charge in [0.1, 0.15) is 0 Å². The molecule has 1 aromatic heterocycles. The molecule has 0 spiro atoms. The van der Waals surface area contributed by atoms with Crippen molar-refractivity contribution in [1.82, 2.24) is 10.3 Å². The molecule has 1 aromatic rings. The monoisotopic (exact) mass is 198 g/mol. The van der Waals surface area contributed by atoms with Crippen molar-refractivity contribution in [3.05, 3.63) is 15.6 Å². The number of hydrogen-bond acceptors (Lipinski definition) is 3. The van der Waals surface area contributed by atoms with E-state index in [0.29, 0.717) is 6.04 Å². The summed E-state index contributed by atoms with van der Waals surface area (Å²) in [7, 11) is 0. The van der Waals surface area contributed by atoms with Crippen molar-refractivity contribution in [1.29, 1.82) is 0 Å². The van der Waals surface area contributed by atoms with Gasteiger partial charge in [-0.3, -0.25) is 0 Å². The molecule has 0 bridgehead atoms. The van der Waals surface area contributed by atoms with E-state index in [1.165, 1.54) is 22.0 Å². The van der Waals surface area contributed by atoms with Gasteiger partial charge >= 0.3 is 0 Å². The van der Waals surface area contributed by atoms with Crippen LogP contribution >= 0.6 is 11.3 Å². The summed E-state index contributed by atoms with van der Waals surface area (Å²) in [6.07, 6.45) is 1.17. The Kier molecular flexibility index (Phi) is 3.88. The lowest BCUT2D eigenvalue weighted by Crippen LogP contribution is -2.24. The van der Waals surface area contributed by atoms with E-state index in [1.54, 1.807) is 11.3 Å². The molecule has 1 unspecified atom stereocenters. The Hall–Kier alpha value is -0.410. The molecule has 2 nitrogen and oxygen atoms in total. The summed E-state index contributed by atoms with van der Waals surface area (Å²) in [4.78, 5) is 5.81. The van der Waals surface area contributed by atoms with Crippen LogP contribution in [0.2, 0.25) is 0 Å². The fourth-order valence-electron chi connectivity index (χ4n) is 1.15. The molecule has 0 saturated heterocycles. The zero-order valence-electron chi connectivity index (χ0n) is 8.85. The Morgan fingerprint density at radius 3 is 2.62 bits per heavy atom. The zero-order chi connectivity index (χ0) is 9.84. The van der Waals surface area contributed by atoms with Crippen molar-refractivity contribution >= 4 is 11.3 Å². The molecular weight excluding hydrogens is 180 g/mol. The Bertz CT molecular complexity index is 268. The molecule has 13 heavy (non-hydrogen) atoms. The van der Waals surface area contributed by atoms with Crippen molar-refractivity contribution in [3.63, 3.8) is 0 Å². The Morgan fingerprint density at radius 2 is 2.15 bits per heavy atom. The highest BCUT2D eigenvalue weighted by atomic mass is 32.1. The van der Waals surface area contributed by atoms with Crippen molar-refractivity contribution in [2.75, 3.05) is 0 Å². The fourth-order valence-corrected chi connectivity index (χ4v) is 1.99. The van der Waals surface area contributed by atoms with Gasteiger partial charge in [0.25, 0.3) is 0 Å². The maximum atomic E-state index is 4.47. The highest BCUT2D eigenvalue weighted by Crippen LogP contribution is 2.16. The SMILES string of the molecule is CCC(C)NCc1nc(C)sc1C. The molecule has 1 rings (SSSR count). The van der Waals surface area contributed by atoms with E-state index in [2.05, 4.69) is 38.0 Å². The van der Waals surface area contributed by atoms with Crippen molar-refractivity contribution in [2.24, 2.45) is 0 Å². The van der Waals surface area contributed by atoms with Gasteiger partial charge in [-0.05, 0) is 27.2 Å². The van der Waals surface area contributed by atoms with Crippen LogP contribution < -0.4 is 5.32 Å². The van der Waals surface area contributed by atoms with E-state index < -0.39 is 0 Å². The lowest BCUT2D eigenvalue weighted by atomic mass is 10.2. The second-order valence-electron chi connectivity index (χ2n) is 3.43. The molecule has 1 heterocycles. The first-order valence-electron chi connectivity index (χ1n) is 4.79. The molecule has 0 amide bonds. The molecular formula is C10H18N2S. The number of rotatable bonds is 4. The molecule has 1 N–H and O–H groups in total. The van der Waals surface area contributed by atoms with Gasteiger partial charge < -0.3 is 5.32 Å². The first-order chi connectivity index (χ1) is 6.13. The highest BCUT2D eigenvalue weighted by molar-refractivity contribution is 7.11. The van der Waals surface area contributed by atoms with E-state index in [9.17, 15) is 0 Å². The van der Waals surface area contributed by atoms with E-state index in [4.69, 9.17) is 0 Å². The minimum atomic E-state index is 0.585. The highest BCUT2D eigenvalue weighted by Gasteiger charge is 2.05. The number of hydrogen-bond donors (Lipinski definition) is 1. The molecule has 74 valence electrons. The second-order valence-corrected chi connectivity index (χ2v) is 4.83. The van der Waals surface area contributed by atoms with Gasteiger partial charge in [-0.15, -0.1) is 11.3 Å². The maximum Gasteiger partial charge on any atom is 0.0900 e. The first kappa shape index (κ1) is 10.7. The van der Waals surface area contributed by atoms with Crippen LogP contribution in [0.1, 0.15) is 35.8 Å². The lowest BCUT2D eigenvalue weighted by Gasteiger charge is -2.09. The molecule has 0 fully saturated rings. The van der Waals surface area contributed by atoms with Crippen LogP contribution in [0.5, 0.6) is 0 Å². The van der Waals surface area contributed by atoms with E-state index in [0.717, 1.165) is 6.54 Å². The van der Waals surface area contributed by atoms with Crippen LogP contribution in [0, 0.1) is 13.8 Å². The van der Waals surface area contributed by atoms with Gasteiger partial charge in [-0.2, -0.15) is 0 Å². The predicted molar refractivity (Wildman–Crippen MR) is 58.2 cm³/mol. The molecule has 0 aromatic carbocycles. The van der Waals surface area contributed by atoms with Gasteiger partial charge in [0, 0.05) is 17.5 Å². The average Bonchev–Trinajstić information content (AvgIpc) is 2.41. The lowest BCUT2D eigenvalue weighted by molar-refractivity contribution is 0.529. The molecule has 0 radical (unpaired) electrons. The number of nitrogens with zero attached hydrogens (tertiary/aromatic N) is 1. The van der Waals surface area contributed by atoms with Crippen molar-refractivity contribution < 1.29 is 0 Å². The summed E-state index contributed by atoms with van der Waals surface area (Å²) in [6, 6.07) is 0.585. The van der Waals surface area contributed by atoms with Crippen molar-refractivity contribution in [2.45, 2.75) is 46.7 Å². The predicted octanol–water partition coefficient (Wildman–Crippen LogP) is 2.65. The summed E-state index contributed by atoms with van der Waals surface area (Å²) < 4.78 is 0. The smallest absolute Gasteiger partial charge is 0.0900 e. The van der Waals surface area contributed by atoms with Crippen LogP contribution in [-0.2, 0) is 6.54 Å². The third-order valence-corrected chi connectivity index (χ3v) is 3.16. The first-order valence-corrected chi connectivity index (χ1v) is 5.61. The Balaban J connectivity index is 2.49. The van der Waals surface area contributed by atoms with E-state index >= 15 is 0 Å². The summed E-state index contributed by atoms with van der Waals surface area (Å²) in [5, 5.41) is 4.61. The van der Waals surface area contributed by atoms with Gasteiger partial charge in [-0.25, -0.2) is 4.98 Å². The largest absolute Gasteiger partial charge is 0.309 e. The van der Waals surface area contributed by atoms with Crippen LogP contribution in [0.3, 0.4) is 0 Å². The summed E-state index contributed by atoms with van der Waals surface area (Å²) >= 11 is 1.78. The second kappa shape index (κ2) is 4.72. The normalized spacial score (nSPS) is 13.2. The maximum absolute atomic E-state index is 4.47. The Morgan fingerprint density at radius 1 is 1.46 bits per heavy atom. The van der Waals surface area contributed by atoms with Gasteiger partial charge in [-0.1, -0.05) is 6.92 Å². The fraction of sp³-hybridized carbons (Fsp3) is 0.700. The summed E-state index contributed by atoms with van der Waals surface area (Å²) in [6.45, 7) is 9.50. The Labute approximate surface area is 84.4 Å². The number of nitrogens with one attached hydrogen (secondary N) is 1. The van der Waals surface area contributed by atoms with Gasteiger partial charge in [0.15, 0.2) is 0 Å².